The van der Waals surface area contributed by atoms with Gasteiger partial charge in [-0.05, 0) is 127 Å². The normalized spacial score (nSPS) is 12.8. The van der Waals surface area contributed by atoms with Crippen LogP contribution in [-0.4, -0.2) is 8.07 Å². The van der Waals surface area contributed by atoms with Gasteiger partial charge in [0.1, 0.15) is 11.2 Å². The monoisotopic (exact) mass is 884 g/mol. The van der Waals surface area contributed by atoms with Gasteiger partial charge in [0, 0.05) is 44.9 Å². The van der Waals surface area contributed by atoms with Crippen LogP contribution in [0.25, 0.3) is 55.0 Å². The molecule has 1 aliphatic rings. The molecule has 0 saturated heterocycles. The fourth-order valence-electron chi connectivity index (χ4n) is 10.9. The number of furan rings is 1. The number of fused-ring (bicyclic) bond motifs is 6. The van der Waals surface area contributed by atoms with Gasteiger partial charge in [0.2, 0.25) is 0 Å². The van der Waals surface area contributed by atoms with E-state index in [4.69, 9.17) is 4.42 Å². The third-order valence-corrected chi connectivity index (χ3v) is 18.8. The van der Waals surface area contributed by atoms with Crippen molar-refractivity contribution in [1.82, 2.24) is 0 Å². The lowest BCUT2D eigenvalue weighted by atomic mass is 9.98. The van der Waals surface area contributed by atoms with E-state index < -0.39 is 8.07 Å². The van der Waals surface area contributed by atoms with Crippen LogP contribution in [0.15, 0.2) is 271 Å². The SMILES string of the molecule is c1ccc(N2c3ccccc3[Si](c3ccccc3)(c3ccccc3)c3cc(-c4ccc(N(c5ccc(-c6cccc7ccccc67)cc5)c5ccc6oc7ccccc7c6c5)cc4)ccc32)cc1. The van der Waals surface area contributed by atoms with E-state index >= 15 is 0 Å². The van der Waals surface area contributed by atoms with Crippen molar-refractivity contribution in [2.45, 2.75) is 0 Å². The molecule has 0 fully saturated rings. The standard InChI is InChI=1S/C64H44N2OSi/c1-4-19-49(20-5-1)66-59-28-13-15-30-63(59)68(53-21-6-2-7-22-53,54-23-8-3-9-24-54)64-43-48(35-41-60(64)66)45-31-36-50(37-32-45)65(52-40-42-62-58(44-52)57-26-12-14-29-61(57)67-62)51-38-33-47(34-39-51)56-27-16-18-46-17-10-11-25-55(46)56/h1-44H. The van der Waals surface area contributed by atoms with Gasteiger partial charge in [-0.3, -0.25) is 0 Å². The Hall–Kier alpha value is -8.70. The van der Waals surface area contributed by atoms with Gasteiger partial charge in [0.25, 0.3) is 0 Å². The summed E-state index contributed by atoms with van der Waals surface area (Å²) < 4.78 is 6.31. The lowest BCUT2D eigenvalue weighted by Crippen LogP contribution is -2.77. The van der Waals surface area contributed by atoms with Gasteiger partial charge in [-0.2, -0.15) is 0 Å². The summed E-state index contributed by atoms with van der Waals surface area (Å²) in [6.07, 6.45) is 0. The molecule has 0 N–H and O–H groups in total. The second-order valence-corrected chi connectivity index (χ2v) is 21.4. The first-order valence-electron chi connectivity index (χ1n) is 23.3. The Morgan fingerprint density at radius 2 is 0.882 bits per heavy atom. The topological polar surface area (TPSA) is 19.6 Å². The fraction of sp³-hybridized carbons (Fsp3) is 0. The third-order valence-electron chi connectivity index (χ3n) is 13.9. The van der Waals surface area contributed by atoms with Crippen molar-refractivity contribution >= 4 is 95.7 Å². The molecule has 68 heavy (non-hydrogen) atoms. The first kappa shape index (κ1) is 39.6. The van der Waals surface area contributed by atoms with Crippen molar-refractivity contribution in [2.75, 3.05) is 9.80 Å². The molecule has 0 spiro atoms. The summed E-state index contributed by atoms with van der Waals surface area (Å²) in [5, 5.41) is 10.2. The molecular weight excluding hydrogens is 841 g/mol. The second-order valence-electron chi connectivity index (χ2n) is 17.6. The molecule has 320 valence electrons. The number of nitrogens with zero attached hydrogens (tertiary/aromatic N) is 2. The molecule has 3 nitrogen and oxygen atoms in total. The predicted octanol–water partition coefficient (Wildman–Crippen LogP) is 14.7. The van der Waals surface area contributed by atoms with Crippen molar-refractivity contribution < 1.29 is 4.42 Å². The lowest BCUT2D eigenvalue weighted by Gasteiger charge is -2.45. The summed E-state index contributed by atoms with van der Waals surface area (Å²) in [6, 6.07) is 97.8. The van der Waals surface area contributed by atoms with Crippen LogP contribution in [0, 0.1) is 0 Å². The van der Waals surface area contributed by atoms with Crippen LogP contribution in [-0.2, 0) is 0 Å². The molecule has 0 saturated carbocycles. The molecule has 1 aromatic heterocycles. The largest absolute Gasteiger partial charge is 0.456 e. The van der Waals surface area contributed by atoms with Gasteiger partial charge in [0.05, 0.1) is 0 Å². The third kappa shape index (κ3) is 6.41. The highest BCUT2D eigenvalue weighted by Gasteiger charge is 2.49. The van der Waals surface area contributed by atoms with Gasteiger partial charge in [0.15, 0.2) is 8.07 Å². The van der Waals surface area contributed by atoms with E-state index in [2.05, 4.69) is 265 Å². The molecule has 4 heteroatoms. The van der Waals surface area contributed by atoms with Gasteiger partial charge < -0.3 is 14.2 Å². The zero-order chi connectivity index (χ0) is 45.0. The van der Waals surface area contributed by atoms with E-state index in [-0.39, 0.29) is 0 Å². The quantitative estimate of drug-likeness (QED) is 0.142. The van der Waals surface area contributed by atoms with E-state index in [1.54, 1.807) is 0 Å². The molecule has 0 bridgehead atoms. The zero-order valence-electron chi connectivity index (χ0n) is 37.2. The van der Waals surface area contributed by atoms with Crippen LogP contribution in [0.2, 0.25) is 0 Å². The maximum absolute atomic E-state index is 6.31. The van der Waals surface area contributed by atoms with E-state index in [0.29, 0.717) is 0 Å². The van der Waals surface area contributed by atoms with Gasteiger partial charge >= 0.3 is 0 Å². The molecular formula is C64H44N2OSi. The number of hydrogen-bond acceptors (Lipinski definition) is 3. The lowest BCUT2D eigenvalue weighted by molar-refractivity contribution is 0.669. The Bertz CT molecular complexity index is 3750. The number of hydrogen-bond donors (Lipinski definition) is 0. The Morgan fingerprint density at radius 3 is 1.62 bits per heavy atom. The molecule has 0 amide bonds. The molecule has 13 rings (SSSR count). The summed E-state index contributed by atoms with van der Waals surface area (Å²) in [5.74, 6) is 0. The average molecular weight is 885 g/mol. The van der Waals surface area contributed by atoms with Crippen LogP contribution in [0.5, 0.6) is 0 Å². The Balaban J connectivity index is 0.967. The van der Waals surface area contributed by atoms with Crippen molar-refractivity contribution in [2.24, 2.45) is 0 Å². The van der Waals surface area contributed by atoms with Crippen molar-refractivity contribution in [3.63, 3.8) is 0 Å². The minimum Gasteiger partial charge on any atom is -0.456 e. The molecule has 1 aliphatic heterocycles. The van der Waals surface area contributed by atoms with Gasteiger partial charge in [-0.25, -0.2) is 0 Å². The van der Waals surface area contributed by atoms with Gasteiger partial charge in [-0.1, -0.05) is 194 Å². The number of anilines is 6. The molecule has 0 unspecified atom stereocenters. The van der Waals surface area contributed by atoms with E-state index in [1.807, 2.05) is 12.1 Å². The summed E-state index contributed by atoms with van der Waals surface area (Å²) in [4.78, 5) is 4.83. The maximum atomic E-state index is 6.31. The van der Waals surface area contributed by atoms with Gasteiger partial charge in [-0.15, -0.1) is 0 Å². The predicted molar refractivity (Wildman–Crippen MR) is 289 cm³/mol. The Kier molecular flexibility index (Phi) is 9.51. The first-order valence-corrected chi connectivity index (χ1v) is 25.3. The van der Waals surface area contributed by atoms with E-state index in [9.17, 15) is 0 Å². The van der Waals surface area contributed by atoms with Crippen molar-refractivity contribution in [3.8, 4) is 22.3 Å². The van der Waals surface area contributed by atoms with Crippen LogP contribution in [0.3, 0.4) is 0 Å². The minimum atomic E-state index is -2.87. The maximum Gasteiger partial charge on any atom is 0.184 e. The minimum absolute atomic E-state index is 0.878. The highest BCUT2D eigenvalue weighted by Crippen LogP contribution is 2.42. The van der Waals surface area contributed by atoms with Crippen LogP contribution in [0.1, 0.15) is 0 Å². The average Bonchev–Trinajstić information content (AvgIpc) is 3.79. The smallest absolute Gasteiger partial charge is 0.184 e. The summed E-state index contributed by atoms with van der Waals surface area (Å²) in [7, 11) is -2.87. The number of rotatable bonds is 8. The Morgan fingerprint density at radius 1 is 0.338 bits per heavy atom. The summed E-state index contributed by atoms with van der Waals surface area (Å²) >= 11 is 0. The molecule has 0 aliphatic carbocycles. The molecule has 0 atom stereocenters. The molecule has 2 heterocycles. The van der Waals surface area contributed by atoms with Crippen LogP contribution < -0.4 is 30.5 Å². The molecule has 11 aromatic carbocycles. The second kappa shape index (κ2) is 16.3. The molecule has 12 aromatic rings. The number of para-hydroxylation sites is 3. The first-order chi connectivity index (χ1) is 33.7. The summed E-state index contributed by atoms with van der Waals surface area (Å²) in [5.41, 5.74) is 13.3. The molecule has 0 radical (unpaired) electrons. The van der Waals surface area contributed by atoms with Crippen LogP contribution in [0.4, 0.5) is 34.1 Å². The Labute approximate surface area is 397 Å². The zero-order valence-corrected chi connectivity index (χ0v) is 38.2. The van der Waals surface area contributed by atoms with E-state index in [1.165, 1.54) is 59.6 Å². The fourth-order valence-corrected chi connectivity index (χ4v) is 16.0. The highest BCUT2D eigenvalue weighted by molar-refractivity contribution is 7.21. The van der Waals surface area contributed by atoms with Crippen molar-refractivity contribution in [1.29, 1.82) is 0 Å². The van der Waals surface area contributed by atoms with Crippen LogP contribution >= 0.6 is 0 Å². The van der Waals surface area contributed by atoms with Crippen molar-refractivity contribution in [3.05, 3.63) is 267 Å². The highest BCUT2D eigenvalue weighted by atomic mass is 28.3. The van der Waals surface area contributed by atoms with E-state index in [0.717, 1.165) is 50.3 Å². The summed E-state index contributed by atoms with van der Waals surface area (Å²) in [6.45, 7) is 0. The number of benzene rings is 11.